The van der Waals surface area contributed by atoms with Crippen LogP contribution in [0.25, 0.3) is 5.69 Å². The summed E-state index contributed by atoms with van der Waals surface area (Å²) in [5.74, 6) is -1.84. The number of amides is 1. The van der Waals surface area contributed by atoms with Gasteiger partial charge in [-0.1, -0.05) is 18.2 Å². The van der Waals surface area contributed by atoms with Crippen molar-refractivity contribution in [3.8, 4) is 5.69 Å². The van der Waals surface area contributed by atoms with Crippen LogP contribution in [0.5, 0.6) is 0 Å². The molecule has 0 spiro atoms. The van der Waals surface area contributed by atoms with Crippen LogP contribution in [0.1, 0.15) is 62.1 Å². The van der Waals surface area contributed by atoms with E-state index in [1.54, 1.807) is 34.0 Å². The summed E-state index contributed by atoms with van der Waals surface area (Å²) in [5.41, 5.74) is 3.42. The number of para-hydroxylation sites is 1. The molecule has 3 heterocycles. The van der Waals surface area contributed by atoms with Crippen LogP contribution in [-0.2, 0) is 35.2 Å². The molecule has 2 aromatic heterocycles. The highest BCUT2D eigenvalue weighted by Gasteiger charge is 2.28. The van der Waals surface area contributed by atoms with E-state index in [1.165, 1.54) is 5.56 Å². The number of fused-ring (bicyclic) bond motifs is 3. The van der Waals surface area contributed by atoms with Crippen LogP contribution in [0, 0.1) is 12.8 Å². The molecule has 0 saturated carbocycles. The lowest BCUT2D eigenvalue weighted by molar-refractivity contribution is -0.142. The van der Waals surface area contributed by atoms with E-state index >= 15 is 0 Å². The zero-order valence-corrected chi connectivity index (χ0v) is 21.6. The third kappa shape index (κ3) is 6.49. The first-order valence-corrected chi connectivity index (χ1v) is 12.4. The highest BCUT2D eigenvalue weighted by molar-refractivity contribution is 5.70. The number of carbonyl (C=O) groups excluding carboxylic acids is 1. The fraction of sp³-hybridized carbons (Fsp3) is 0.481. The molecule has 0 bridgehead atoms. The van der Waals surface area contributed by atoms with Crippen molar-refractivity contribution >= 4 is 12.1 Å². The average Bonchev–Trinajstić information content (AvgIpc) is 3.36. The summed E-state index contributed by atoms with van der Waals surface area (Å²) in [6, 6.07) is 7.61. The van der Waals surface area contributed by atoms with Gasteiger partial charge in [0.05, 0.1) is 17.9 Å². The second-order valence-electron chi connectivity index (χ2n) is 10.4. The molecular formula is C27H33N3O7. The molecule has 1 amide bonds. The topological polar surface area (TPSA) is 137 Å². The fourth-order valence-electron chi connectivity index (χ4n) is 4.70. The molecule has 2 N–H and O–H groups in total. The number of benzene rings is 1. The van der Waals surface area contributed by atoms with Crippen LogP contribution in [-0.4, -0.2) is 38.4 Å². The quantitative estimate of drug-likeness (QED) is 0.440. The summed E-state index contributed by atoms with van der Waals surface area (Å²) >= 11 is 0. The van der Waals surface area contributed by atoms with Crippen molar-refractivity contribution in [2.75, 3.05) is 0 Å². The van der Waals surface area contributed by atoms with Crippen LogP contribution in [0.15, 0.2) is 44.2 Å². The van der Waals surface area contributed by atoms with Crippen molar-refractivity contribution in [3.63, 3.8) is 0 Å². The number of nitrogens with one attached hydrogen (secondary N) is 1. The molecule has 2 atom stereocenters. The number of carboxylic acid groups (broad SMARTS) is 1. The van der Waals surface area contributed by atoms with Gasteiger partial charge in [0.25, 0.3) is 0 Å². The minimum Gasteiger partial charge on any atom is -0.481 e. The van der Waals surface area contributed by atoms with Crippen LogP contribution in [0.2, 0.25) is 0 Å². The van der Waals surface area contributed by atoms with E-state index in [-0.39, 0.29) is 19.3 Å². The Morgan fingerprint density at radius 3 is 2.59 bits per heavy atom. The largest absolute Gasteiger partial charge is 0.519 e. The van der Waals surface area contributed by atoms with E-state index in [2.05, 4.69) is 16.4 Å². The van der Waals surface area contributed by atoms with Crippen molar-refractivity contribution in [1.29, 1.82) is 0 Å². The van der Waals surface area contributed by atoms with Crippen molar-refractivity contribution in [2.45, 2.75) is 77.9 Å². The Morgan fingerprint density at radius 1 is 1.16 bits per heavy atom. The van der Waals surface area contributed by atoms with Gasteiger partial charge in [-0.2, -0.15) is 0 Å². The zero-order valence-electron chi connectivity index (χ0n) is 21.6. The summed E-state index contributed by atoms with van der Waals surface area (Å²) < 4.78 is 17.5. The Balaban J connectivity index is 1.48. The van der Waals surface area contributed by atoms with E-state index in [4.69, 9.17) is 13.6 Å². The third-order valence-corrected chi connectivity index (χ3v) is 6.48. The van der Waals surface area contributed by atoms with Crippen molar-refractivity contribution in [2.24, 2.45) is 5.92 Å². The number of aliphatic carboxylic acids is 1. The number of aromatic nitrogens is 2. The highest BCUT2D eigenvalue weighted by Crippen LogP contribution is 2.28. The maximum Gasteiger partial charge on any atom is 0.519 e. The summed E-state index contributed by atoms with van der Waals surface area (Å²) in [7, 11) is 0. The summed E-state index contributed by atoms with van der Waals surface area (Å²) in [5, 5.41) is 12.8. The number of aryl methyl sites for hydroxylation is 2. The van der Waals surface area contributed by atoms with Gasteiger partial charge in [0.2, 0.25) is 0 Å². The smallest absolute Gasteiger partial charge is 0.481 e. The molecule has 0 fully saturated rings. The Hall–Kier alpha value is -3.82. The van der Waals surface area contributed by atoms with Crippen LogP contribution in [0.3, 0.4) is 0 Å². The standard InChI is InChI=1S/C27H33N3O7/c1-16-23(36-26(34)35-16)14-19(29-25(33)37-27(2,3)4)11-9-18(24(31)32)13-20-22-12-10-17-7-5-6-8-21(17)30(22)15-28-20/h5-8,15,18-19H,9-14H2,1-4H3,(H,29,33)(H,31,32)/t18-,19?/m0/s1. The van der Waals surface area contributed by atoms with Gasteiger partial charge in [-0.05, 0) is 65.0 Å². The molecule has 0 aliphatic carbocycles. The van der Waals surface area contributed by atoms with E-state index in [0.29, 0.717) is 17.9 Å². The Kier molecular flexibility index (Phi) is 7.56. The fourth-order valence-corrected chi connectivity index (χ4v) is 4.70. The van der Waals surface area contributed by atoms with Crippen molar-refractivity contribution in [1.82, 2.24) is 14.9 Å². The number of hydrogen-bond acceptors (Lipinski definition) is 7. The molecule has 3 aromatic rings. The van der Waals surface area contributed by atoms with Gasteiger partial charge in [-0.3, -0.25) is 4.79 Å². The second-order valence-corrected chi connectivity index (χ2v) is 10.4. The lowest BCUT2D eigenvalue weighted by Gasteiger charge is -2.24. The zero-order chi connectivity index (χ0) is 26.7. The molecule has 4 rings (SSSR count). The van der Waals surface area contributed by atoms with Crippen molar-refractivity contribution in [3.05, 3.63) is 69.7 Å². The lowest BCUT2D eigenvalue weighted by atomic mass is 9.92. The average molecular weight is 512 g/mol. The molecule has 198 valence electrons. The molecule has 1 aliphatic rings. The third-order valence-electron chi connectivity index (χ3n) is 6.48. The summed E-state index contributed by atoms with van der Waals surface area (Å²) in [4.78, 5) is 40.7. The van der Waals surface area contributed by atoms with Gasteiger partial charge in [0, 0.05) is 30.3 Å². The number of alkyl carbamates (subject to hydrolysis) is 1. The number of carboxylic acids is 1. The molecule has 0 saturated heterocycles. The Bertz CT molecular complexity index is 1330. The van der Waals surface area contributed by atoms with Gasteiger partial charge < -0.3 is 28.6 Å². The summed E-state index contributed by atoms with van der Waals surface area (Å²) in [6.45, 7) is 6.87. The molecular weight excluding hydrogens is 478 g/mol. The second kappa shape index (κ2) is 10.7. The van der Waals surface area contributed by atoms with E-state index in [9.17, 15) is 19.5 Å². The minimum atomic E-state index is -0.931. The molecule has 37 heavy (non-hydrogen) atoms. The molecule has 1 unspecified atom stereocenters. The number of carbonyl (C=O) groups is 2. The van der Waals surface area contributed by atoms with Crippen LogP contribution in [0.4, 0.5) is 4.79 Å². The van der Waals surface area contributed by atoms with Gasteiger partial charge >= 0.3 is 17.9 Å². The molecule has 1 aromatic carbocycles. The van der Waals surface area contributed by atoms with E-state index in [1.807, 2.05) is 22.8 Å². The number of ether oxygens (including phenoxy) is 1. The lowest BCUT2D eigenvalue weighted by Crippen LogP contribution is -2.40. The monoisotopic (exact) mass is 511 g/mol. The molecule has 1 aliphatic heterocycles. The first kappa shape index (κ1) is 26.2. The first-order chi connectivity index (χ1) is 17.5. The summed E-state index contributed by atoms with van der Waals surface area (Å²) in [6.07, 6.45) is 3.85. The predicted molar refractivity (Wildman–Crippen MR) is 134 cm³/mol. The van der Waals surface area contributed by atoms with Gasteiger partial charge in [-0.25, -0.2) is 14.6 Å². The Labute approximate surface area is 214 Å². The highest BCUT2D eigenvalue weighted by atomic mass is 16.6. The number of rotatable bonds is 9. The Morgan fingerprint density at radius 2 is 1.92 bits per heavy atom. The maximum absolute atomic E-state index is 12.5. The number of imidazole rings is 1. The van der Waals surface area contributed by atoms with E-state index in [0.717, 1.165) is 29.9 Å². The first-order valence-electron chi connectivity index (χ1n) is 12.4. The van der Waals surface area contributed by atoms with E-state index < -0.39 is 35.4 Å². The van der Waals surface area contributed by atoms with Crippen LogP contribution >= 0.6 is 0 Å². The predicted octanol–water partition coefficient (Wildman–Crippen LogP) is 3.99. The number of hydrogen-bond donors (Lipinski definition) is 2. The van der Waals surface area contributed by atoms with Crippen LogP contribution < -0.4 is 11.1 Å². The minimum absolute atomic E-state index is 0.166. The van der Waals surface area contributed by atoms with Crippen molar-refractivity contribution < 1.29 is 28.3 Å². The number of nitrogens with zero attached hydrogens (tertiary/aromatic N) is 2. The van der Waals surface area contributed by atoms with Gasteiger partial charge in [0.15, 0.2) is 5.76 Å². The molecule has 10 heteroatoms. The van der Waals surface area contributed by atoms with Gasteiger partial charge in [-0.15, -0.1) is 0 Å². The van der Waals surface area contributed by atoms with Gasteiger partial charge in [0.1, 0.15) is 11.4 Å². The molecule has 10 nitrogen and oxygen atoms in total. The SMILES string of the molecule is Cc1oc(=O)oc1CC(CC[C@@H](Cc1ncn2c1CCc1ccccc1-2)C(=O)O)NC(=O)OC(C)(C)C. The molecule has 0 radical (unpaired) electrons. The normalized spacial score (nSPS) is 14.4. The maximum atomic E-state index is 12.5.